The Labute approximate surface area is 82.1 Å². The molecule has 0 aromatic carbocycles. The third-order valence-electron chi connectivity index (χ3n) is 1.75. The number of hydrogen-bond donors (Lipinski definition) is 1. The second-order valence-corrected chi connectivity index (χ2v) is 3.25. The van der Waals surface area contributed by atoms with Crippen molar-refractivity contribution in [2.45, 2.75) is 44.9 Å². The lowest BCUT2D eigenvalue weighted by molar-refractivity contribution is -0.175. The summed E-state index contributed by atoms with van der Waals surface area (Å²) in [5, 5.41) is 9.25. The van der Waals surface area contributed by atoms with E-state index in [0.29, 0.717) is 6.42 Å². The molecule has 0 spiro atoms. The van der Waals surface area contributed by atoms with E-state index in [1.165, 1.54) is 0 Å². The first-order chi connectivity index (χ1) is 6.45. The molecule has 86 valence electrons. The highest BCUT2D eigenvalue weighted by molar-refractivity contribution is 4.55. The highest BCUT2D eigenvalue weighted by Crippen LogP contribution is 2.14. The molecule has 0 bridgehead atoms. The maximum atomic E-state index is 11.6. The van der Waals surface area contributed by atoms with Crippen LogP contribution in [0.5, 0.6) is 0 Å². The van der Waals surface area contributed by atoms with Gasteiger partial charge in [-0.15, -0.1) is 0 Å². The summed E-state index contributed by atoms with van der Waals surface area (Å²) >= 11 is 0. The minimum atomic E-state index is -4.27. The van der Waals surface area contributed by atoms with Crippen LogP contribution in [-0.2, 0) is 4.74 Å². The van der Waals surface area contributed by atoms with Crippen molar-refractivity contribution < 1.29 is 23.0 Å². The summed E-state index contributed by atoms with van der Waals surface area (Å²) in [6.45, 7) is 0.727. The first-order valence-corrected chi connectivity index (χ1v) is 4.78. The molecule has 0 aliphatic heterocycles. The molecule has 0 aliphatic carbocycles. The Kier molecular flexibility index (Phi) is 6.92. The molecule has 14 heavy (non-hydrogen) atoms. The van der Waals surface area contributed by atoms with Gasteiger partial charge in [-0.1, -0.05) is 19.8 Å². The molecule has 0 saturated heterocycles. The molecule has 0 rings (SSSR count). The molecule has 1 unspecified atom stereocenters. The molecular formula is C9H17F3O2. The summed E-state index contributed by atoms with van der Waals surface area (Å²) in [4.78, 5) is 0. The molecule has 0 aliphatic rings. The Balaban J connectivity index is 3.27. The summed E-state index contributed by atoms with van der Waals surface area (Å²) in [6, 6.07) is 0. The van der Waals surface area contributed by atoms with Gasteiger partial charge >= 0.3 is 6.18 Å². The number of hydrogen-bond acceptors (Lipinski definition) is 2. The molecule has 0 fully saturated rings. The normalized spacial score (nSPS) is 14.4. The molecule has 1 atom stereocenters. The summed E-state index contributed by atoms with van der Waals surface area (Å²) in [6.07, 6.45) is -2.04. The lowest BCUT2D eigenvalue weighted by Gasteiger charge is -2.11. The molecule has 0 saturated carbocycles. The van der Waals surface area contributed by atoms with E-state index in [0.717, 1.165) is 12.8 Å². The summed E-state index contributed by atoms with van der Waals surface area (Å²) in [5.41, 5.74) is 0. The number of halogens is 3. The maximum absolute atomic E-state index is 11.6. The van der Waals surface area contributed by atoms with Crippen LogP contribution in [-0.4, -0.2) is 30.6 Å². The fourth-order valence-electron chi connectivity index (χ4n) is 0.991. The third kappa shape index (κ3) is 9.80. The van der Waals surface area contributed by atoms with Crippen LogP contribution in [0.1, 0.15) is 32.6 Å². The van der Waals surface area contributed by atoms with E-state index in [2.05, 4.69) is 4.74 Å². The smallest absolute Gasteiger partial charge is 0.393 e. The average Bonchev–Trinajstić information content (AvgIpc) is 2.07. The topological polar surface area (TPSA) is 29.5 Å². The van der Waals surface area contributed by atoms with Crippen molar-refractivity contribution in [1.82, 2.24) is 0 Å². The van der Waals surface area contributed by atoms with Crippen molar-refractivity contribution in [2.75, 3.05) is 13.2 Å². The Morgan fingerprint density at radius 3 is 2.43 bits per heavy atom. The van der Waals surface area contributed by atoms with Crippen LogP contribution in [0.25, 0.3) is 0 Å². The first kappa shape index (κ1) is 13.7. The Bertz CT molecular complexity index is 137. The van der Waals surface area contributed by atoms with Crippen LogP contribution in [0.2, 0.25) is 0 Å². The lowest BCUT2D eigenvalue weighted by Crippen LogP contribution is -2.19. The summed E-state index contributed by atoms with van der Waals surface area (Å²) in [5.74, 6) is 0. The largest absolute Gasteiger partial charge is 0.411 e. The van der Waals surface area contributed by atoms with Crippen LogP contribution in [0.4, 0.5) is 13.2 Å². The second kappa shape index (κ2) is 7.06. The second-order valence-electron chi connectivity index (χ2n) is 3.25. The van der Waals surface area contributed by atoms with E-state index in [1.54, 1.807) is 0 Å². The quantitative estimate of drug-likeness (QED) is 0.660. The molecule has 5 heteroatoms. The zero-order chi connectivity index (χ0) is 11.0. The molecule has 0 heterocycles. The van der Waals surface area contributed by atoms with Gasteiger partial charge in [0.15, 0.2) is 0 Å². The zero-order valence-corrected chi connectivity index (χ0v) is 8.31. The molecule has 0 radical (unpaired) electrons. The summed E-state index contributed by atoms with van der Waals surface area (Å²) in [7, 11) is 0. The first-order valence-electron chi connectivity index (χ1n) is 4.78. The average molecular weight is 214 g/mol. The SMILES string of the molecule is CCCCC(O)CCOCC(F)(F)F. The van der Waals surface area contributed by atoms with Crippen LogP contribution in [0, 0.1) is 0 Å². The van der Waals surface area contributed by atoms with Gasteiger partial charge in [-0.3, -0.25) is 0 Å². The number of alkyl halides is 3. The minimum absolute atomic E-state index is 0.0373. The molecular weight excluding hydrogens is 197 g/mol. The number of rotatable bonds is 7. The molecule has 0 aromatic rings. The van der Waals surface area contributed by atoms with E-state index >= 15 is 0 Å². The molecule has 0 aromatic heterocycles. The van der Waals surface area contributed by atoms with Gasteiger partial charge in [0.1, 0.15) is 6.61 Å². The third-order valence-corrected chi connectivity index (χ3v) is 1.75. The van der Waals surface area contributed by atoms with Crippen LogP contribution < -0.4 is 0 Å². The van der Waals surface area contributed by atoms with Crippen molar-refractivity contribution >= 4 is 0 Å². The monoisotopic (exact) mass is 214 g/mol. The van der Waals surface area contributed by atoms with Gasteiger partial charge < -0.3 is 9.84 Å². The highest BCUT2D eigenvalue weighted by Gasteiger charge is 2.27. The molecule has 1 N–H and O–H groups in total. The molecule has 0 amide bonds. The van der Waals surface area contributed by atoms with E-state index in [9.17, 15) is 18.3 Å². The zero-order valence-electron chi connectivity index (χ0n) is 8.31. The number of unbranched alkanes of at least 4 members (excludes halogenated alkanes) is 1. The number of ether oxygens (including phenoxy) is 1. The van der Waals surface area contributed by atoms with E-state index in [1.807, 2.05) is 6.92 Å². The van der Waals surface area contributed by atoms with Crippen LogP contribution >= 0.6 is 0 Å². The van der Waals surface area contributed by atoms with E-state index < -0.39 is 18.9 Å². The van der Waals surface area contributed by atoms with Crippen LogP contribution in [0.15, 0.2) is 0 Å². The number of aliphatic hydroxyl groups excluding tert-OH is 1. The van der Waals surface area contributed by atoms with Gasteiger partial charge in [0.25, 0.3) is 0 Å². The fraction of sp³-hybridized carbons (Fsp3) is 1.00. The van der Waals surface area contributed by atoms with Gasteiger partial charge in [-0.05, 0) is 12.8 Å². The predicted molar refractivity (Wildman–Crippen MR) is 47.0 cm³/mol. The highest BCUT2D eigenvalue weighted by atomic mass is 19.4. The van der Waals surface area contributed by atoms with Gasteiger partial charge in [0, 0.05) is 6.61 Å². The van der Waals surface area contributed by atoms with Crippen molar-refractivity contribution in [3.05, 3.63) is 0 Å². The van der Waals surface area contributed by atoms with Crippen molar-refractivity contribution in [3.63, 3.8) is 0 Å². The van der Waals surface area contributed by atoms with Crippen molar-refractivity contribution in [2.24, 2.45) is 0 Å². The van der Waals surface area contributed by atoms with Gasteiger partial charge in [-0.25, -0.2) is 0 Å². The Hall–Kier alpha value is -0.290. The number of aliphatic hydroxyl groups is 1. The lowest BCUT2D eigenvalue weighted by atomic mass is 10.1. The van der Waals surface area contributed by atoms with E-state index in [-0.39, 0.29) is 13.0 Å². The van der Waals surface area contributed by atoms with Crippen molar-refractivity contribution in [1.29, 1.82) is 0 Å². The minimum Gasteiger partial charge on any atom is -0.393 e. The predicted octanol–water partition coefficient (Wildman–Crippen LogP) is 2.51. The maximum Gasteiger partial charge on any atom is 0.411 e. The Morgan fingerprint density at radius 1 is 1.29 bits per heavy atom. The van der Waals surface area contributed by atoms with E-state index in [4.69, 9.17) is 0 Å². The molecule has 2 nitrogen and oxygen atoms in total. The van der Waals surface area contributed by atoms with Gasteiger partial charge in [0.2, 0.25) is 0 Å². The standard InChI is InChI=1S/C9H17F3O2/c1-2-3-4-8(13)5-6-14-7-9(10,11)12/h8,13H,2-7H2,1H3. The van der Waals surface area contributed by atoms with Crippen LogP contribution in [0.3, 0.4) is 0 Å². The summed E-state index contributed by atoms with van der Waals surface area (Å²) < 4.78 is 39.1. The Morgan fingerprint density at radius 2 is 1.93 bits per heavy atom. The fourth-order valence-corrected chi connectivity index (χ4v) is 0.991. The van der Waals surface area contributed by atoms with Gasteiger partial charge in [-0.2, -0.15) is 13.2 Å². The van der Waals surface area contributed by atoms with Crippen molar-refractivity contribution in [3.8, 4) is 0 Å². The van der Waals surface area contributed by atoms with Gasteiger partial charge in [0.05, 0.1) is 6.10 Å².